The van der Waals surface area contributed by atoms with Crippen molar-refractivity contribution in [2.45, 2.75) is 38.8 Å². The van der Waals surface area contributed by atoms with Crippen LogP contribution in [0.2, 0.25) is 0 Å². The van der Waals surface area contributed by atoms with Crippen LogP contribution in [-0.4, -0.2) is 39.5 Å². The van der Waals surface area contributed by atoms with Gasteiger partial charge in [0.2, 0.25) is 0 Å². The maximum absolute atomic E-state index is 12.1. The van der Waals surface area contributed by atoms with E-state index < -0.39 is 0 Å². The Kier molecular flexibility index (Phi) is 3.98. The number of amides is 2. The second kappa shape index (κ2) is 5.92. The van der Waals surface area contributed by atoms with E-state index in [0.717, 1.165) is 36.2 Å². The molecule has 2 N–H and O–H groups in total. The fourth-order valence-corrected chi connectivity index (χ4v) is 2.84. The van der Waals surface area contributed by atoms with Crippen molar-refractivity contribution in [2.75, 3.05) is 11.9 Å². The van der Waals surface area contributed by atoms with Crippen molar-refractivity contribution < 1.29 is 9.53 Å². The lowest BCUT2D eigenvalue weighted by atomic mass is 10.1. The minimum atomic E-state index is -0.245. The number of rotatable bonds is 3. The van der Waals surface area contributed by atoms with Gasteiger partial charge in [0.25, 0.3) is 0 Å². The summed E-state index contributed by atoms with van der Waals surface area (Å²) >= 11 is 0. The minimum Gasteiger partial charge on any atom is -0.376 e. The van der Waals surface area contributed by atoms with Gasteiger partial charge >= 0.3 is 6.03 Å². The third-order valence-corrected chi connectivity index (χ3v) is 4.00. The topological polar surface area (TPSA) is 81.1 Å². The number of ether oxygens (including phenoxy) is 1. The molecular weight excluding hydrogens is 282 g/mol. The second-order valence-electron chi connectivity index (χ2n) is 5.74. The monoisotopic (exact) mass is 303 g/mol. The number of urea groups is 1. The zero-order valence-corrected chi connectivity index (χ0v) is 13.1. The Morgan fingerprint density at radius 1 is 1.55 bits per heavy atom. The van der Waals surface area contributed by atoms with Crippen LogP contribution in [0.15, 0.2) is 12.3 Å². The van der Waals surface area contributed by atoms with E-state index in [1.54, 1.807) is 10.9 Å². The van der Waals surface area contributed by atoms with E-state index >= 15 is 0 Å². The van der Waals surface area contributed by atoms with Crippen molar-refractivity contribution in [3.05, 3.63) is 18.0 Å². The summed E-state index contributed by atoms with van der Waals surface area (Å²) in [7, 11) is 1.85. The molecule has 3 heterocycles. The fourth-order valence-electron chi connectivity index (χ4n) is 2.84. The van der Waals surface area contributed by atoms with E-state index in [9.17, 15) is 4.79 Å². The average molecular weight is 303 g/mol. The molecule has 7 nitrogen and oxygen atoms in total. The Labute approximate surface area is 129 Å². The molecule has 0 aliphatic carbocycles. The molecule has 0 spiro atoms. The van der Waals surface area contributed by atoms with Gasteiger partial charge in [0, 0.05) is 19.0 Å². The van der Waals surface area contributed by atoms with Gasteiger partial charge in [0.05, 0.1) is 29.7 Å². The Balaban J connectivity index is 1.67. The van der Waals surface area contributed by atoms with Gasteiger partial charge in [-0.25, -0.2) is 9.78 Å². The molecule has 3 rings (SSSR count). The molecular formula is C15H21N5O2. The molecule has 0 radical (unpaired) electrons. The number of hydrogen-bond acceptors (Lipinski definition) is 4. The van der Waals surface area contributed by atoms with Gasteiger partial charge in [-0.3, -0.25) is 4.68 Å². The van der Waals surface area contributed by atoms with Gasteiger partial charge in [0.1, 0.15) is 0 Å². The summed E-state index contributed by atoms with van der Waals surface area (Å²) in [5.41, 5.74) is 2.35. The largest absolute Gasteiger partial charge is 0.376 e. The minimum absolute atomic E-state index is 0.0145. The van der Waals surface area contributed by atoms with Gasteiger partial charge in [-0.1, -0.05) is 0 Å². The molecule has 0 unspecified atom stereocenters. The average Bonchev–Trinajstić information content (AvgIpc) is 3.08. The molecule has 0 saturated carbocycles. The van der Waals surface area contributed by atoms with Gasteiger partial charge in [0.15, 0.2) is 5.65 Å². The molecule has 2 amide bonds. The molecule has 118 valence electrons. The summed E-state index contributed by atoms with van der Waals surface area (Å²) in [6, 6.07) is 1.63. The number of carbonyl (C=O) groups excluding carboxylic acids is 1. The molecule has 2 aromatic heterocycles. The summed E-state index contributed by atoms with van der Waals surface area (Å²) in [5.74, 6) is 0. The van der Waals surface area contributed by atoms with Crippen LogP contribution in [0.1, 0.15) is 25.5 Å². The first-order chi connectivity index (χ1) is 10.5. The first-order valence-electron chi connectivity index (χ1n) is 7.53. The molecule has 7 heteroatoms. The summed E-state index contributed by atoms with van der Waals surface area (Å²) in [6.07, 6.45) is 3.79. The van der Waals surface area contributed by atoms with E-state index in [-0.39, 0.29) is 18.2 Å². The predicted molar refractivity (Wildman–Crippen MR) is 83.8 cm³/mol. The van der Waals surface area contributed by atoms with Crippen LogP contribution in [0.25, 0.3) is 11.0 Å². The van der Waals surface area contributed by atoms with Gasteiger partial charge < -0.3 is 15.4 Å². The van der Waals surface area contributed by atoms with E-state index in [2.05, 4.69) is 20.7 Å². The standard InChI is InChI=1S/C15H21N5O2/c1-9-12-7-11(8-16-14(12)20(3)19-9)18-15(21)17-10(2)13-5-4-6-22-13/h7-8,10,13H,4-6H2,1-3H3,(H2,17,18,21)/t10-,13+/m0/s1. The Morgan fingerprint density at radius 2 is 2.36 bits per heavy atom. The molecule has 0 aromatic carbocycles. The van der Waals surface area contributed by atoms with Gasteiger partial charge in [-0.2, -0.15) is 5.10 Å². The number of hydrogen-bond donors (Lipinski definition) is 2. The van der Waals surface area contributed by atoms with Crippen LogP contribution >= 0.6 is 0 Å². The molecule has 1 aliphatic heterocycles. The molecule has 2 aromatic rings. The third-order valence-electron chi connectivity index (χ3n) is 4.00. The zero-order chi connectivity index (χ0) is 15.7. The number of nitrogens with zero attached hydrogens (tertiary/aromatic N) is 3. The lowest BCUT2D eigenvalue weighted by molar-refractivity contribution is 0.0868. The van der Waals surface area contributed by atoms with Crippen LogP contribution in [0.4, 0.5) is 10.5 Å². The van der Waals surface area contributed by atoms with Crippen molar-refractivity contribution >= 4 is 22.8 Å². The lowest BCUT2D eigenvalue weighted by Gasteiger charge is -2.20. The van der Waals surface area contributed by atoms with E-state index in [0.29, 0.717) is 5.69 Å². The van der Waals surface area contributed by atoms with Crippen molar-refractivity contribution in [2.24, 2.45) is 7.05 Å². The Bertz CT molecular complexity index is 691. The number of nitrogens with one attached hydrogen (secondary N) is 2. The fraction of sp³-hybridized carbons (Fsp3) is 0.533. The zero-order valence-electron chi connectivity index (χ0n) is 13.1. The maximum atomic E-state index is 12.1. The number of aromatic nitrogens is 3. The van der Waals surface area contributed by atoms with Gasteiger partial charge in [-0.05, 0) is 32.8 Å². The van der Waals surface area contributed by atoms with Crippen LogP contribution in [0.5, 0.6) is 0 Å². The number of aryl methyl sites for hydroxylation is 2. The van der Waals surface area contributed by atoms with Crippen molar-refractivity contribution in [1.29, 1.82) is 0 Å². The number of fused-ring (bicyclic) bond motifs is 1. The smallest absolute Gasteiger partial charge is 0.319 e. The van der Waals surface area contributed by atoms with Crippen LogP contribution in [0, 0.1) is 6.92 Å². The number of anilines is 1. The van der Waals surface area contributed by atoms with Crippen LogP contribution < -0.4 is 10.6 Å². The molecule has 1 fully saturated rings. The van der Waals surface area contributed by atoms with Crippen LogP contribution in [0.3, 0.4) is 0 Å². The Morgan fingerprint density at radius 3 is 3.09 bits per heavy atom. The summed E-state index contributed by atoms with van der Waals surface area (Å²) in [6.45, 7) is 4.66. The Hall–Kier alpha value is -2.15. The lowest BCUT2D eigenvalue weighted by Crippen LogP contribution is -2.42. The normalized spacial score (nSPS) is 19.3. The van der Waals surface area contributed by atoms with E-state index in [4.69, 9.17) is 4.74 Å². The highest BCUT2D eigenvalue weighted by Crippen LogP contribution is 2.19. The third kappa shape index (κ3) is 2.89. The summed E-state index contributed by atoms with van der Waals surface area (Å²) < 4.78 is 7.31. The molecule has 0 bridgehead atoms. The second-order valence-corrected chi connectivity index (χ2v) is 5.74. The maximum Gasteiger partial charge on any atom is 0.319 e. The number of carbonyl (C=O) groups is 1. The van der Waals surface area contributed by atoms with Crippen molar-refractivity contribution in [1.82, 2.24) is 20.1 Å². The van der Waals surface area contributed by atoms with E-state index in [1.807, 2.05) is 27.0 Å². The van der Waals surface area contributed by atoms with Crippen molar-refractivity contribution in [3.63, 3.8) is 0 Å². The molecule has 1 saturated heterocycles. The van der Waals surface area contributed by atoms with E-state index in [1.165, 1.54) is 0 Å². The first kappa shape index (κ1) is 14.8. The highest BCUT2D eigenvalue weighted by Gasteiger charge is 2.23. The predicted octanol–water partition coefficient (Wildman–Crippen LogP) is 1.97. The van der Waals surface area contributed by atoms with Crippen LogP contribution in [-0.2, 0) is 11.8 Å². The summed E-state index contributed by atoms with van der Waals surface area (Å²) in [4.78, 5) is 16.4. The first-order valence-corrected chi connectivity index (χ1v) is 7.53. The summed E-state index contributed by atoms with van der Waals surface area (Å²) in [5, 5.41) is 11.0. The number of pyridine rings is 1. The van der Waals surface area contributed by atoms with Crippen molar-refractivity contribution in [3.8, 4) is 0 Å². The molecule has 1 aliphatic rings. The van der Waals surface area contributed by atoms with Gasteiger partial charge in [-0.15, -0.1) is 0 Å². The molecule has 22 heavy (non-hydrogen) atoms. The quantitative estimate of drug-likeness (QED) is 0.908. The SMILES string of the molecule is Cc1nn(C)c2ncc(NC(=O)N[C@@H](C)[C@H]3CCCO3)cc12. The highest BCUT2D eigenvalue weighted by molar-refractivity contribution is 5.92. The highest BCUT2D eigenvalue weighted by atomic mass is 16.5. The molecule has 2 atom stereocenters.